The smallest absolute Gasteiger partial charge is 0.257 e. The van der Waals surface area contributed by atoms with Gasteiger partial charge in [-0.1, -0.05) is 0 Å². The molecule has 1 aromatic heterocycles. The highest BCUT2D eigenvalue weighted by Gasteiger charge is 2.25. The Morgan fingerprint density at radius 2 is 2.24 bits per heavy atom. The van der Waals surface area contributed by atoms with Crippen LogP contribution in [0.25, 0.3) is 0 Å². The van der Waals surface area contributed by atoms with Crippen LogP contribution in [0.5, 0.6) is 17.2 Å². The first-order valence-electron chi connectivity index (χ1n) is 8.09. The standard InChI is InChI=1S/C18H20N2O5/c1-3-24-11-4-5-15-12(8-11)14(6-7-25-15)20-18(22)13-10-19-17(21)9-16(13)23-2/h4-5,8-10,14H,3,6-7H2,1-2H3,(H,19,21)(H,20,22). The number of aromatic nitrogens is 1. The molecule has 1 aromatic carbocycles. The largest absolute Gasteiger partial charge is 0.496 e. The summed E-state index contributed by atoms with van der Waals surface area (Å²) >= 11 is 0. The minimum atomic E-state index is -0.328. The lowest BCUT2D eigenvalue weighted by Crippen LogP contribution is -2.32. The van der Waals surface area contributed by atoms with Gasteiger partial charge in [0.2, 0.25) is 0 Å². The van der Waals surface area contributed by atoms with E-state index in [0.29, 0.717) is 19.6 Å². The van der Waals surface area contributed by atoms with Crippen molar-refractivity contribution in [2.75, 3.05) is 20.3 Å². The van der Waals surface area contributed by atoms with E-state index in [-0.39, 0.29) is 28.8 Å². The van der Waals surface area contributed by atoms with Crippen LogP contribution in [-0.2, 0) is 0 Å². The van der Waals surface area contributed by atoms with Gasteiger partial charge in [-0.2, -0.15) is 0 Å². The molecule has 25 heavy (non-hydrogen) atoms. The van der Waals surface area contributed by atoms with Crippen molar-refractivity contribution in [3.63, 3.8) is 0 Å². The van der Waals surface area contributed by atoms with Gasteiger partial charge >= 0.3 is 0 Å². The number of nitrogens with one attached hydrogen (secondary N) is 2. The first-order valence-corrected chi connectivity index (χ1v) is 8.09. The molecule has 0 radical (unpaired) electrons. The van der Waals surface area contributed by atoms with E-state index in [1.807, 2.05) is 25.1 Å². The molecule has 1 atom stereocenters. The number of carbonyl (C=O) groups is 1. The molecule has 1 aliphatic heterocycles. The molecule has 7 nitrogen and oxygen atoms in total. The lowest BCUT2D eigenvalue weighted by Gasteiger charge is -2.27. The summed E-state index contributed by atoms with van der Waals surface area (Å²) in [7, 11) is 1.42. The maximum absolute atomic E-state index is 12.6. The molecule has 1 aliphatic rings. The van der Waals surface area contributed by atoms with Crippen LogP contribution in [0.4, 0.5) is 0 Å². The van der Waals surface area contributed by atoms with Gasteiger partial charge in [-0.15, -0.1) is 0 Å². The second-order valence-corrected chi connectivity index (χ2v) is 5.58. The average molecular weight is 344 g/mol. The van der Waals surface area contributed by atoms with E-state index >= 15 is 0 Å². The number of fused-ring (bicyclic) bond motifs is 1. The summed E-state index contributed by atoms with van der Waals surface area (Å²) < 4.78 is 16.3. The van der Waals surface area contributed by atoms with Crippen molar-refractivity contribution in [3.05, 3.63) is 51.9 Å². The lowest BCUT2D eigenvalue weighted by atomic mass is 9.99. The Bertz CT molecular complexity index is 830. The van der Waals surface area contributed by atoms with E-state index in [9.17, 15) is 9.59 Å². The maximum Gasteiger partial charge on any atom is 0.257 e. The van der Waals surface area contributed by atoms with Crippen LogP contribution in [0.1, 0.15) is 35.3 Å². The van der Waals surface area contributed by atoms with Crippen LogP contribution in [-0.4, -0.2) is 31.2 Å². The number of rotatable bonds is 5. The number of aromatic amines is 1. The van der Waals surface area contributed by atoms with Crippen molar-refractivity contribution >= 4 is 5.91 Å². The summed E-state index contributed by atoms with van der Waals surface area (Å²) in [6, 6.07) is 6.61. The molecule has 2 N–H and O–H groups in total. The molecule has 0 spiro atoms. The quantitative estimate of drug-likeness (QED) is 0.866. The maximum atomic E-state index is 12.6. The van der Waals surface area contributed by atoms with Crippen LogP contribution in [0.2, 0.25) is 0 Å². The minimum absolute atomic E-state index is 0.215. The van der Waals surface area contributed by atoms with Gasteiger partial charge in [0.15, 0.2) is 0 Å². The first-order chi connectivity index (χ1) is 12.1. The van der Waals surface area contributed by atoms with Gasteiger partial charge in [-0.3, -0.25) is 9.59 Å². The number of ether oxygens (including phenoxy) is 3. The Labute approximate surface area is 144 Å². The topological polar surface area (TPSA) is 89.7 Å². The number of H-pyrrole nitrogens is 1. The number of carbonyl (C=O) groups excluding carboxylic acids is 1. The molecule has 0 saturated heterocycles. The predicted molar refractivity (Wildman–Crippen MR) is 91.5 cm³/mol. The third-order valence-electron chi connectivity index (χ3n) is 3.99. The molecule has 0 bridgehead atoms. The van der Waals surface area contributed by atoms with Gasteiger partial charge in [-0.05, 0) is 25.1 Å². The number of amides is 1. The summed E-state index contributed by atoms with van der Waals surface area (Å²) in [5.41, 5.74) is 0.816. The van der Waals surface area contributed by atoms with Crippen LogP contribution < -0.4 is 25.1 Å². The van der Waals surface area contributed by atoms with Crippen LogP contribution in [0.15, 0.2) is 35.3 Å². The summed E-state index contributed by atoms with van der Waals surface area (Å²) in [5.74, 6) is 1.37. The highest BCUT2D eigenvalue weighted by molar-refractivity contribution is 5.96. The number of benzene rings is 1. The molecule has 0 saturated carbocycles. The van der Waals surface area contributed by atoms with Gasteiger partial charge in [-0.25, -0.2) is 0 Å². The van der Waals surface area contributed by atoms with E-state index in [1.54, 1.807) is 0 Å². The van der Waals surface area contributed by atoms with Gasteiger partial charge in [0, 0.05) is 24.2 Å². The van der Waals surface area contributed by atoms with E-state index in [2.05, 4.69) is 10.3 Å². The molecule has 132 valence electrons. The molecule has 1 amide bonds. The fourth-order valence-electron chi connectivity index (χ4n) is 2.81. The van der Waals surface area contributed by atoms with Crippen molar-refractivity contribution in [2.45, 2.75) is 19.4 Å². The van der Waals surface area contributed by atoms with Gasteiger partial charge in [0.25, 0.3) is 11.5 Å². The summed E-state index contributed by atoms with van der Waals surface area (Å²) in [5, 5.41) is 2.98. The Kier molecular flexibility index (Phi) is 4.92. The van der Waals surface area contributed by atoms with Crippen molar-refractivity contribution in [1.82, 2.24) is 10.3 Å². The Balaban J connectivity index is 1.86. The summed E-state index contributed by atoms with van der Waals surface area (Å²) in [4.78, 5) is 26.5. The number of methoxy groups -OCH3 is 1. The molecular formula is C18H20N2O5. The first kappa shape index (κ1) is 16.9. The van der Waals surface area contributed by atoms with Crippen molar-refractivity contribution in [2.24, 2.45) is 0 Å². The second kappa shape index (κ2) is 7.29. The SMILES string of the molecule is CCOc1ccc2c(c1)C(NC(=O)c1c[nH]c(=O)cc1OC)CCO2. The predicted octanol–water partition coefficient (Wildman–Crippen LogP) is 2.04. The van der Waals surface area contributed by atoms with E-state index < -0.39 is 0 Å². The van der Waals surface area contributed by atoms with Gasteiger partial charge in [0.1, 0.15) is 17.2 Å². The zero-order chi connectivity index (χ0) is 17.8. The van der Waals surface area contributed by atoms with Crippen molar-refractivity contribution in [1.29, 1.82) is 0 Å². The van der Waals surface area contributed by atoms with Gasteiger partial charge in [0.05, 0.1) is 31.9 Å². The summed E-state index contributed by atoms with van der Waals surface area (Å²) in [6.45, 7) is 2.98. The van der Waals surface area contributed by atoms with Crippen molar-refractivity contribution < 1.29 is 19.0 Å². The zero-order valence-corrected chi connectivity index (χ0v) is 14.1. The Morgan fingerprint density at radius 3 is 3.00 bits per heavy atom. The summed E-state index contributed by atoms with van der Waals surface area (Å²) in [6.07, 6.45) is 1.99. The molecule has 1 unspecified atom stereocenters. The van der Waals surface area contributed by atoms with Gasteiger partial charge < -0.3 is 24.5 Å². The minimum Gasteiger partial charge on any atom is -0.496 e. The molecule has 2 aromatic rings. The highest BCUT2D eigenvalue weighted by Crippen LogP contribution is 2.35. The lowest BCUT2D eigenvalue weighted by molar-refractivity contribution is 0.0921. The van der Waals surface area contributed by atoms with E-state index in [1.165, 1.54) is 19.4 Å². The van der Waals surface area contributed by atoms with Crippen LogP contribution in [0, 0.1) is 0 Å². The Hall–Kier alpha value is -2.96. The highest BCUT2D eigenvalue weighted by atomic mass is 16.5. The normalized spacial score (nSPS) is 15.7. The molecule has 3 rings (SSSR count). The number of pyridine rings is 1. The fraction of sp³-hybridized carbons (Fsp3) is 0.333. The third-order valence-corrected chi connectivity index (χ3v) is 3.99. The molecule has 2 heterocycles. The monoisotopic (exact) mass is 344 g/mol. The molecule has 7 heteroatoms. The van der Waals surface area contributed by atoms with Crippen molar-refractivity contribution in [3.8, 4) is 17.2 Å². The van der Waals surface area contributed by atoms with E-state index in [0.717, 1.165) is 17.1 Å². The average Bonchev–Trinajstić information content (AvgIpc) is 2.62. The van der Waals surface area contributed by atoms with E-state index in [4.69, 9.17) is 14.2 Å². The molecule has 0 fully saturated rings. The third kappa shape index (κ3) is 3.60. The second-order valence-electron chi connectivity index (χ2n) is 5.58. The van der Waals surface area contributed by atoms with Crippen LogP contribution in [0.3, 0.4) is 0 Å². The van der Waals surface area contributed by atoms with Crippen LogP contribution >= 0.6 is 0 Å². The zero-order valence-electron chi connectivity index (χ0n) is 14.1. The Morgan fingerprint density at radius 1 is 1.40 bits per heavy atom. The fourth-order valence-corrected chi connectivity index (χ4v) is 2.81. The number of hydrogen-bond donors (Lipinski definition) is 2. The number of hydrogen-bond acceptors (Lipinski definition) is 5. The molecule has 0 aliphatic carbocycles. The molecular weight excluding hydrogens is 324 g/mol.